The third-order valence-corrected chi connectivity index (χ3v) is 25.6. The minimum atomic E-state index is -4.54. The average Bonchev–Trinajstić information content (AvgIpc) is 3.42. The molecule has 0 aromatic heterocycles. The second-order valence-electron chi connectivity index (χ2n) is 15.7. The second kappa shape index (κ2) is 29.0. The van der Waals surface area contributed by atoms with E-state index in [1.807, 2.05) is 97.1 Å². The number of nitrogens with zero attached hydrogens (tertiary/aromatic N) is 12. The fourth-order valence-corrected chi connectivity index (χ4v) is 20.6. The summed E-state index contributed by atoms with van der Waals surface area (Å²) in [5, 5.41) is 15.0. The van der Waals surface area contributed by atoms with E-state index in [2.05, 4.69) is 39.1 Å². The third kappa shape index (κ3) is 18.8. The van der Waals surface area contributed by atoms with Gasteiger partial charge in [-0.1, -0.05) is 91.4 Å². The molecule has 0 saturated carbocycles. The molecule has 0 radical (unpaired) electrons. The Morgan fingerprint density at radius 1 is 0.658 bits per heavy atom. The molecule has 22 nitrogen and oxygen atoms in total. The van der Waals surface area contributed by atoms with Gasteiger partial charge in [-0.15, -0.1) is 5.10 Å². The Bertz CT molecular complexity index is 3180. The van der Waals surface area contributed by atoms with Crippen molar-refractivity contribution >= 4 is 113 Å². The van der Waals surface area contributed by atoms with E-state index in [0.717, 1.165) is 37.5 Å². The van der Waals surface area contributed by atoms with Crippen LogP contribution in [0.5, 0.6) is 23.0 Å². The number of hydrogen-bond donors (Lipinski definition) is 4. The fourth-order valence-electron chi connectivity index (χ4n) is 6.78. The minimum absolute atomic E-state index is 0.0127. The van der Waals surface area contributed by atoms with Crippen LogP contribution in [0.1, 0.15) is 16.7 Å². The summed E-state index contributed by atoms with van der Waals surface area (Å²) < 4.78 is 50.5. The first-order chi connectivity index (χ1) is 36.3. The summed E-state index contributed by atoms with van der Waals surface area (Å²) in [5.74, 6) is 1.86. The van der Waals surface area contributed by atoms with Crippen LogP contribution in [0, 0.1) is 0 Å². The fraction of sp³-hybridized carbons (Fsp3) is 0.136. The first kappa shape index (κ1) is 60.1. The van der Waals surface area contributed by atoms with Crippen LogP contribution in [0.15, 0.2) is 183 Å². The van der Waals surface area contributed by atoms with Crippen LogP contribution in [0.3, 0.4) is 0 Å². The van der Waals surface area contributed by atoms with Gasteiger partial charge in [0.05, 0.1) is 26.9 Å². The van der Waals surface area contributed by atoms with Crippen LogP contribution >= 0.6 is 60.8 Å². The Morgan fingerprint density at radius 3 is 1.67 bits per heavy atom. The third-order valence-electron chi connectivity index (χ3n) is 10.1. The maximum Gasteiger partial charge on any atom is 0.545 e. The van der Waals surface area contributed by atoms with E-state index >= 15 is 0 Å². The van der Waals surface area contributed by atoms with Gasteiger partial charge in [0.15, 0.2) is 11.5 Å². The first-order valence-electron chi connectivity index (χ1n) is 21.9. The lowest BCUT2D eigenvalue weighted by atomic mass is 10.1. The summed E-state index contributed by atoms with van der Waals surface area (Å²) in [6.07, 6.45) is 1.98. The molecule has 0 aliphatic heterocycles. The van der Waals surface area contributed by atoms with Crippen LogP contribution in [-0.4, -0.2) is 79.7 Å². The van der Waals surface area contributed by atoms with E-state index in [-0.39, 0.29) is 13.0 Å². The normalized spacial score (nSPS) is 12.9. The molecule has 6 rings (SSSR count). The van der Waals surface area contributed by atoms with Crippen molar-refractivity contribution in [3.8, 4) is 23.0 Å². The Hall–Kier alpha value is -5.10. The predicted molar refractivity (Wildman–Crippen MR) is 315 cm³/mol. The van der Waals surface area contributed by atoms with Crippen LogP contribution < -0.4 is 34.3 Å². The zero-order valence-electron chi connectivity index (χ0n) is 40.1. The minimum Gasteiger partial charge on any atom is -0.448 e. The molecule has 5 atom stereocenters. The van der Waals surface area contributed by atoms with Crippen molar-refractivity contribution in [3.63, 3.8) is 0 Å². The van der Waals surface area contributed by atoms with Crippen LogP contribution in [0.2, 0.25) is 0 Å². The van der Waals surface area contributed by atoms with Gasteiger partial charge in [-0.25, -0.2) is 4.78 Å². The Kier molecular flexibility index (Phi) is 23.0. The topological polar surface area (TPSA) is 296 Å². The van der Waals surface area contributed by atoms with Crippen molar-refractivity contribution in [1.82, 2.24) is 14.5 Å². The molecule has 0 fully saturated rings. The summed E-state index contributed by atoms with van der Waals surface area (Å²) >= 11 is 11.7. The van der Waals surface area contributed by atoms with Gasteiger partial charge in [0, 0.05) is 39.3 Å². The lowest BCUT2D eigenvalue weighted by Gasteiger charge is -2.27. The number of rotatable bonds is 27. The van der Waals surface area contributed by atoms with Crippen LogP contribution in [0.4, 0.5) is 0 Å². The summed E-state index contributed by atoms with van der Waals surface area (Å²) in [7, 11) is -12.5. The number of benzene rings is 6. The van der Waals surface area contributed by atoms with Crippen molar-refractivity contribution in [2.24, 2.45) is 24.9 Å². The van der Waals surface area contributed by atoms with Crippen molar-refractivity contribution < 1.29 is 47.1 Å². The molecular weight excluding hydrogens is 1170 g/mol. The van der Waals surface area contributed by atoms with Gasteiger partial charge in [0.25, 0.3) is 0 Å². The second-order valence-corrected chi connectivity index (χ2v) is 33.3. The van der Waals surface area contributed by atoms with E-state index in [1.165, 1.54) is 4.78 Å². The SMILES string of the molecule is CN(N=Cc1ccc(ON=[N+]=[N-])cc1)P(Oc1ccc(P(=N[P+](=S)Oc2ccc(C=NN(C)[P+](=S)Oc3ccc(CCN(CP(=O)(O)O)CP(=O)(O)O)cc3)cc2)(c2ccccc2)c2ccccc2)cc1)P(P)N=[N+]=[N-]. The molecule has 0 heterocycles. The highest BCUT2D eigenvalue weighted by atomic mass is 32.4. The summed E-state index contributed by atoms with van der Waals surface area (Å²) in [4.78, 5) is 52.9. The Labute approximate surface area is 454 Å². The van der Waals surface area contributed by atoms with Crippen LogP contribution in [0.25, 0.3) is 20.9 Å². The van der Waals surface area contributed by atoms with E-state index in [4.69, 9.17) is 52.1 Å². The smallest absolute Gasteiger partial charge is 0.448 e. The van der Waals surface area contributed by atoms with Crippen molar-refractivity contribution in [2.75, 3.05) is 33.2 Å². The Morgan fingerprint density at radius 2 is 1.14 bits per heavy atom. The van der Waals surface area contributed by atoms with Crippen LogP contribution in [-0.2, 0) is 39.2 Å². The van der Waals surface area contributed by atoms with Gasteiger partial charge in [0.2, 0.25) is 31.6 Å². The lowest BCUT2D eigenvalue weighted by molar-refractivity contribution is 0.279. The molecule has 0 bridgehead atoms. The monoisotopic (exact) mass is 1220 g/mol. The first-order valence-corrected chi connectivity index (χ1v) is 36.6. The summed E-state index contributed by atoms with van der Waals surface area (Å²) in [6.45, 7) is 0.0127. The largest absolute Gasteiger partial charge is 0.545 e. The van der Waals surface area contributed by atoms with E-state index < -0.39 is 64.4 Å². The molecule has 0 spiro atoms. The predicted octanol–water partition coefficient (Wildman–Crippen LogP) is 11.9. The molecule has 394 valence electrons. The standard InChI is InChI=1S/C44H46N12O10P8S2/c1-54(47-31-36-15-19-38(20-16-36)63-51-49-45)70(69(67)52-50-46)65-40-25-27-44(28-26-40)74(42-9-5-3-6-10-42,43-11-7-4-8-12-43)53-68(75)64-39-23-17-37(18-24-39)32-48-55(2)71(76)66-41-21-13-35(14-22-41)29-30-56(33-72(57,58)59)34-73(60,61)62/h3-28,31-32H,29-30,33-34,67H2,1-2H3,(H2-2,57,58,59,60,61,62)/p+2. The highest BCUT2D eigenvalue weighted by Crippen LogP contribution is 2.76. The molecule has 0 saturated heterocycles. The molecule has 76 heavy (non-hydrogen) atoms. The van der Waals surface area contributed by atoms with Crippen molar-refractivity contribution in [2.45, 2.75) is 6.42 Å². The quantitative estimate of drug-likeness (QED) is 0.00931. The van der Waals surface area contributed by atoms with Crippen molar-refractivity contribution in [3.05, 3.63) is 195 Å². The van der Waals surface area contributed by atoms with E-state index in [0.29, 0.717) is 23.0 Å². The number of azide groups is 2. The number of hydrazone groups is 2. The van der Waals surface area contributed by atoms with E-state index in [9.17, 15) is 34.2 Å². The molecule has 0 amide bonds. The highest BCUT2D eigenvalue weighted by Gasteiger charge is 2.34. The van der Waals surface area contributed by atoms with E-state index in [1.54, 1.807) is 92.0 Å². The average molecular weight is 1220 g/mol. The Balaban J connectivity index is 1.15. The highest BCUT2D eigenvalue weighted by molar-refractivity contribution is 8.50. The van der Waals surface area contributed by atoms with Gasteiger partial charge in [-0.3, -0.25) is 23.1 Å². The zero-order valence-corrected chi connectivity index (χ0v) is 49.2. The molecule has 0 aliphatic rings. The maximum atomic E-state index is 11.5. The summed E-state index contributed by atoms with van der Waals surface area (Å²) in [6, 6.07) is 48.4. The van der Waals surface area contributed by atoms with Gasteiger partial charge >= 0.3 is 29.3 Å². The van der Waals surface area contributed by atoms with Gasteiger partial charge in [0.1, 0.15) is 36.4 Å². The zero-order chi connectivity index (χ0) is 54.7. The molecular formula is C44H48N12O10P8S2+2. The molecule has 6 aromatic carbocycles. The van der Waals surface area contributed by atoms with Gasteiger partial charge < -0.3 is 28.9 Å². The molecule has 0 aliphatic carbocycles. The van der Waals surface area contributed by atoms with Gasteiger partial charge in [-0.2, -0.15) is 5.10 Å². The molecule has 4 N–H and O–H groups in total. The lowest BCUT2D eigenvalue weighted by Crippen LogP contribution is -2.28. The summed E-state index contributed by atoms with van der Waals surface area (Å²) in [5.41, 5.74) is 20.1. The molecule has 32 heteroatoms. The maximum absolute atomic E-state index is 11.5. The number of hydrogen-bond acceptors (Lipinski definition) is 14. The van der Waals surface area contributed by atoms with Gasteiger partial charge in [-0.05, 0) is 124 Å². The molecule has 6 aromatic rings. The molecule has 5 unspecified atom stereocenters. The van der Waals surface area contributed by atoms with Crippen molar-refractivity contribution in [1.29, 1.82) is 0 Å².